The van der Waals surface area contributed by atoms with Crippen LogP contribution in [0.25, 0.3) is 0 Å². The fourth-order valence-electron chi connectivity index (χ4n) is 1.83. The molecule has 0 aliphatic carbocycles. The third kappa shape index (κ3) is 2.78. The first-order valence-corrected chi connectivity index (χ1v) is 6.08. The molecule has 0 spiro atoms. The molecule has 88 valence electrons. The minimum Gasteiger partial charge on any atom is -0.481 e. The standard InChI is InChI=1S/C10H14N2O3S/c13-9(14)7-8(10-11-1-6-16-10)12-2-4-15-5-3-12/h1,6,8H,2-5,7H2,(H,13,14). The Kier molecular flexibility index (Phi) is 3.87. The van der Waals surface area contributed by atoms with Crippen LogP contribution in [0.15, 0.2) is 11.6 Å². The van der Waals surface area contributed by atoms with Gasteiger partial charge in [0.1, 0.15) is 5.01 Å². The number of hydrogen-bond donors (Lipinski definition) is 1. The smallest absolute Gasteiger partial charge is 0.305 e. The van der Waals surface area contributed by atoms with E-state index < -0.39 is 5.97 Å². The number of thiazole rings is 1. The van der Waals surface area contributed by atoms with Crippen molar-refractivity contribution in [1.29, 1.82) is 0 Å². The minimum absolute atomic E-state index is 0.105. The summed E-state index contributed by atoms with van der Waals surface area (Å²) in [6.07, 6.45) is 1.82. The maximum Gasteiger partial charge on any atom is 0.305 e. The van der Waals surface area contributed by atoms with E-state index in [2.05, 4.69) is 9.88 Å². The summed E-state index contributed by atoms with van der Waals surface area (Å²) >= 11 is 1.51. The van der Waals surface area contributed by atoms with Crippen molar-refractivity contribution >= 4 is 17.3 Å². The third-order valence-corrected chi connectivity index (χ3v) is 3.47. The number of aromatic nitrogens is 1. The normalized spacial score (nSPS) is 19.5. The third-order valence-electron chi connectivity index (χ3n) is 2.59. The Labute approximate surface area is 97.7 Å². The predicted molar refractivity (Wildman–Crippen MR) is 59.5 cm³/mol. The molecule has 1 aliphatic heterocycles. The van der Waals surface area contributed by atoms with Crippen LogP contribution in [-0.4, -0.2) is 47.3 Å². The summed E-state index contributed by atoms with van der Waals surface area (Å²) in [5.74, 6) is -0.785. The maximum absolute atomic E-state index is 10.9. The minimum atomic E-state index is -0.785. The molecule has 0 radical (unpaired) electrons. The lowest BCUT2D eigenvalue weighted by Gasteiger charge is -2.32. The van der Waals surface area contributed by atoms with Crippen molar-refractivity contribution in [2.45, 2.75) is 12.5 Å². The molecule has 6 heteroatoms. The summed E-state index contributed by atoms with van der Waals surface area (Å²) in [5, 5.41) is 11.7. The molecule has 2 rings (SSSR count). The van der Waals surface area contributed by atoms with Crippen molar-refractivity contribution < 1.29 is 14.6 Å². The lowest BCUT2D eigenvalue weighted by atomic mass is 10.1. The van der Waals surface area contributed by atoms with Crippen molar-refractivity contribution in [3.05, 3.63) is 16.6 Å². The van der Waals surface area contributed by atoms with Gasteiger partial charge in [-0.05, 0) is 0 Å². The Morgan fingerprint density at radius 1 is 1.62 bits per heavy atom. The van der Waals surface area contributed by atoms with Gasteiger partial charge in [0, 0.05) is 24.7 Å². The van der Waals surface area contributed by atoms with E-state index in [4.69, 9.17) is 9.84 Å². The van der Waals surface area contributed by atoms with Crippen molar-refractivity contribution in [2.24, 2.45) is 0 Å². The Balaban J connectivity index is 2.10. The highest BCUT2D eigenvalue weighted by molar-refractivity contribution is 7.09. The first kappa shape index (κ1) is 11.5. The van der Waals surface area contributed by atoms with Gasteiger partial charge in [-0.15, -0.1) is 11.3 Å². The number of nitrogens with zero attached hydrogens (tertiary/aromatic N) is 2. The van der Waals surface area contributed by atoms with E-state index >= 15 is 0 Å². The zero-order valence-corrected chi connectivity index (χ0v) is 9.65. The van der Waals surface area contributed by atoms with Crippen LogP contribution >= 0.6 is 11.3 Å². The molecular formula is C10H14N2O3S. The molecule has 1 atom stereocenters. The SMILES string of the molecule is O=C(O)CC(c1nccs1)N1CCOCC1. The number of morpholine rings is 1. The van der Waals surface area contributed by atoms with Gasteiger partial charge in [-0.3, -0.25) is 9.69 Å². The lowest BCUT2D eigenvalue weighted by molar-refractivity contribution is -0.139. The van der Waals surface area contributed by atoms with Crippen LogP contribution in [0.1, 0.15) is 17.5 Å². The molecule has 1 saturated heterocycles. The average Bonchev–Trinajstić information content (AvgIpc) is 2.80. The first-order chi connectivity index (χ1) is 7.77. The molecule has 1 aromatic rings. The summed E-state index contributed by atoms with van der Waals surface area (Å²) in [6.45, 7) is 2.89. The second kappa shape index (κ2) is 5.38. The van der Waals surface area contributed by atoms with Gasteiger partial charge in [0.25, 0.3) is 0 Å². The van der Waals surface area contributed by atoms with Gasteiger partial charge in [-0.2, -0.15) is 0 Å². The van der Waals surface area contributed by atoms with Crippen LogP contribution in [0.5, 0.6) is 0 Å². The lowest BCUT2D eigenvalue weighted by Crippen LogP contribution is -2.39. The fraction of sp³-hybridized carbons (Fsp3) is 0.600. The molecule has 1 aliphatic rings. The van der Waals surface area contributed by atoms with Gasteiger partial charge in [-0.1, -0.05) is 0 Å². The van der Waals surface area contributed by atoms with Gasteiger partial charge in [0.2, 0.25) is 0 Å². The Morgan fingerprint density at radius 3 is 2.94 bits per heavy atom. The van der Waals surface area contributed by atoms with E-state index in [1.54, 1.807) is 6.20 Å². The molecule has 0 saturated carbocycles. The average molecular weight is 242 g/mol. The molecule has 0 bridgehead atoms. The van der Waals surface area contributed by atoms with Crippen LogP contribution < -0.4 is 0 Å². The Hall–Kier alpha value is -0.980. The monoisotopic (exact) mass is 242 g/mol. The van der Waals surface area contributed by atoms with Crippen LogP contribution in [-0.2, 0) is 9.53 Å². The number of hydrogen-bond acceptors (Lipinski definition) is 5. The van der Waals surface area contributed by atoms with E-state index in [9.17, 15) is 4.79 Å². The number of ether oxygens (including phenoxy) is 1. The summed E-state index contributed by atoms with van der Waals surface area (Å²) in [5.41, 5.74) is 0. The maximum atomic E-state index is 10.9. The van der Waals surface area contributed by atoms with Crippen LogP contribution in [0.4, 0.5) is 0 Å². The molecular weight excluding hydrogens is 228 g/mol. The van der Waals surface area contributed by atoms with Gasteiger partial charge in [0.15, 0.2) is 0 Å². The van der Waals surface area contributed by atoms with Crippen molar-refractivity contribution in [3.63, 3.8) is 0 Å². The highest BCUT2D eigenvalue weighted by atomic mass is 32.1. The van der Waals surface area contributed by atoms with Crippen molar-refractivity contribution in [2.75, 3.05) is 26.3 Å². The molecule has 1 N–H and O–H groups in total. The van der Waals surface area contributed by atoms with E-state index in [0.717, 1.165) is 18.1 Å². The number of carboxylic acids is 1. The van der Waals surface area contributed by atoms with Gasteiger partial charge in [-0.25, -0.2) is 4.98 Å². The van der Waals surface area contributed by atoms with Crippen LogP contribution in [0.2, 0.25) is 0 Å². The predicted octanol–water partition coefficient (Wildman–Crippen LogP) is 0.991. The van der Waals surface area contributed by atoms with Crippen molar-refractivity contribution in [1.82, 2.24) is 9.88 Å². The molecule has 5 nitrogen and oxygen atoms in total. The highest BCUT2D eigenvalue weighted by Gasteiger charge is 2.26. The topological polar surface area (TPSA) is 62.7 Å². The van der Waals surface area contributed by atoms with Gasteiger partial charge in [0.05, 0.1) is 25.7 Å². The zero-order valence-electron chi connectivity index (χ0n) is 8.83. The number of rotatable bonds is 4. The summed E-state index contributed by atoms with van der Waals surface area (Å²) in [7, 11) is 0. The molecule has 2 heterocycles. The van der Waals surface area contributed by atoms with Crippen LogP contribution in [0.3, 0.4) is 0 Å². The van der Waals surface area contributed by atoms with Gasteiger partial charge < -0.3 is 9.84 Å². The van der Waals surface area contributed by atoms with E-state index in [1.165, 1.54) is 11.3 Å². The number of carboxylic acid groups (broad SMARTS) is 1. The van der Waals surface area contributed by atoms with E-state index in [0.29, 0.717) is 13.2 Å². The van der Waals surface area contributed by atoms with E-state index in [1.807, 2.05) is 5.38 Å². The molecule has 1 fully saturated rings. The molecule has 1 aromatic heterocycles. The molecule has 0 aromatic carbocycles. The largest absolute Gasteiger partial charge is 0.481 e. The summed E-state index contributed by atoms with van der Waals surface area (Å²) in [4.78, 5) is 17.2. The fourth-order valence-corrected chi connectivity index (χ4v) is 2.60. The van der Waals surface area contributed by atoms with Gasteiger partial charge >= 0.3 is 5.97 Å². The Morgan fingerprint density at radius 2 is 2.38 bits per heavy atom. The van der Waals surface area contributed by atoms with E-state index in [-0.39, 0.29) is 12.5 Å². The molecule has 0 amide bonds. The molecule has 16 heavy (non-hydrogen) atoms. The second-order valence-electron chi connectivity index (χ2n) is 3.63. The summed E-state index contributed by atoms with van der Waals surface area (Å²) < 4.78 is 5.27. The molecule has 1 unspecified atom stereocenters. The summed E-state index contributed by atoms with van der Waals surface area (Å²) in [6, 6.07) is -0.110. The quantitative estimate of drug-likeness (QED) is 0.853. The number of carbonyl (C=O) groups is 1. The second-order valence-corrected chi connectivity index (χ2v) is 4.56. The first-order valence-electron chi connectivity index (χ1n) is 5.20. The van der Waals surface area contributed by atoms with Crippen LogP contribution in [0, 0.1) is 0 Å². The zero-order chi connectivity index (χ0) is 11.4. The highest BCUT2D eigenvalue weighted by Crippen LogP contribution is 2.26. The number of aliphatic carboxylic acids is 1. The van der Waals surface area contributed by atoms with Crippen molar-refractivity contribution in [3.8, 4) is 0 Å². The Bertz CT molecular complexity index is 336.